The minimum absolute atomic E-state index is 0.156. The van der Waals surface area contributed by atoms with E-state index in [0.717, 1.165) is 31.3 Å². The van der Waals surface area contributed by atoms with Gasteiger partial charge in [-0.15, -0.1) is 0 Å². The van der Waals surface area contributed by atoms with E-state index >= 15 is 0 Å². The molecule has 2 N–H and O–H groups in total. The van der Waals surface area contributed by atoms with Gasteiger partial charge in [0.25, 0.3) is 0 Å². The van der Waals surface area contributed by atoms with E-state index in [2.05, 4.69) is 12.2 Å². The molecule has 0 heterocycles. The summed E-state index contributed by atoms with van der Waals surface area (Å²) in [6, 6.07) is 0. The number of rotatable bonds is 6. The van der Waals surface area contributed by atoms with Crippen LogP contribution in [0.25, 0.3) is 0 Å². The predicted molar refractivity (Wildman–Crippen MR) is 64.9 cm³/mol. The summed E-state index contributed by atoms with van der Waals surface area (Å²) in [5, 5.41) is 12.8. The van der Waals surface area contributed by atoms with Gasteiger partial charge in [-0.1, -0.05) is 33.1 Å². The molecule has 1 atom stereocenters. The Kier molecular flexibility index (Phi) is 6.26. The van der Waals surface area contributed by atoms with E-state index in [9.17, 15) is 5.11 Å². The second kappa shape index (κ2) is 7.24. The lowest BCUT2D eigenvalue weighted by Crippen LogP contribution is -2.32. The Balaban J connectivity index is 2.03. The third kappa shape index (κ3) is 4.98. The molecule has 1 aliphatic rings. The van der Waals surface area contributed by atoms with Gasteiger partial charge in [0.05, 0.1) is 6.10 Å². The van der Waals surface area contributed by atoms with Gasteiger partial charge in [0.1, 0.15) is 0 Å². The summed E-state index contributed by atoms with van der Waals surface area (Å²) in [5.74, 6) is 1.85. The van der Waals surface area contributed by atoms with Crippen LogP contribution in [0.3, 0.4) is 0 Å². The summed E-state index contributed by atoms with van der Waals surface area (Å²) in [4.78, 5) is 0. The lowest BCUT2D eigenvalue weighted by atomic mass is 9.81. The fourth-order valence-corrected chi connectivity index (χ4v) is 2.44. The zero-order valence-electron chi connectivity index (χ0n) is 10.3. The highest BCUT2D eigenvalue weighted by Gasteiger charge is 2.19. The molecule has 2 nitrogen and oxygen atoms in total. The van der Waals surface area contributed by atoms with Crippen LogP contribution < -0.4 is 5.32 Å². The summed E-state index contributed by atoms with van der Waals surface area (Å²) in [6.45, 7) is 6.21. The number of aliphatic hydroxyl groups is 1. The average Bonchev–Trinajstić information content (AvgIpc) is 2.29. The first kappa shape index (κ1) is 13.0. The van der Waals surface area contributed by atoms with Crippen molar-refractivity contribution in [2.45, 2.75) is 58.5 Å². The van der Waals surface area contributed by atoms with Crippen molar-refractivity contribution in [1.82, 2.24) is 5.32 Å². The maximum Gasteiger partial charge on any atom is 0.0662 e. The Hall–Kier alpha value is -0.0800. The summed E-state index contributed by atoms with van der Waals surface area (Å²) >= 11 is 0. The van der Waals surface area contributed by atoms with E-state index in [0.29, 0.717) is 0 Å². The van der Waals surface area contributed by atoms with Gasteiger partial charge in [0.2, 0.25) is 0 Å². The van der Waals surface area contributed by atoms with Gasteiger partial charge in [-0.2, -0.15) is 0 Å². The molecule has 0 aliphatic heterocycles. The van der Waals surface area contributed by atoms with Gasteiger partial charge in [-0.05, 0) is 37.6 Å². The lowest BCUT2D eigenvalue weighted by molar-refractivity contribution is 0.162. The molecule has 90 valence electrons. The maximum atomic E-state index is 9.41. The molecule has 0 saturated heterocycles. The SMILES string of the molecule is CCC(O)CNCC1CCC(CC)CC1. The number of aliphatic hydroxyl groups excluding tert-OH is 1. The Morgan fingerprint density at radius 1 is 1.13 bits per heavy atom. The number of nitrogens with one attached hydrogen (secondary N) is 1. The third-order valence-electron chi connectivity index (χ3n) is 3.83. The molecular weight excluding hydrogens is 186 g/mol. The first-order valence-corrected chi connectivity index (χ1v) is 6.65. The van der Waals surface area contributed by atoms with Crippen LogP contribution in [0.5, 0.6) is 0 Å². The molecule has 1 aliphatic carbocycles. The molecule has 1 rings (SSSR count). The molecule has 0 radical (unpaired) electrons. The molecule has 0 spiro atoms. The molecule has 15 heavy (non-hydrogen) atoms. The van der Waals surface area contributed by atoms with Crippen molar-refractivity contribution in [2.75, 3.05) is 13.1 Å². The first-order valence-electron chi connectivity index (χ1n) is 6.65. The van der Waals surface area contributed by atoms with Crippen molar-refractivity contribution in [3.05, 3.63) is 0 Å². The lowest BCUT2D eigenvalue weighted by Gasteiger charge is -2.28. The largest absolute Gasteiger partial charge is 0.392 e. The average molecular weight is 213 g/mol. The van der Waals surface area contributed by atoms with E-state index < -0.39 is 0 Å². The van der Waals surface area contributed by atoms with Crippen LogP contribution in [-0.4, -0.2) is 24.3 Å². The van der Waals surface area contributed by atoms with Gasteiger partial charge in [0, 0.05) is 6.54 Å². The molecule has 0 aromatic heterocycles. The zero-order valence-corrected chi connectivity index (χ0v) is 10.3. The predicted octanol–water partition coefficient (Wildman–Crippen LogP) is 2.56. The van der Waals surface area contributed by atoms with Crippen LogP contribution in [0.1, 0.15) is 52.4 Å². The standard InChI is InChI=1S/C13H27NO/c1-3-11-5-7-12(8-6-11)9-14-10-13(15)4-2/h11-15H,3-10H2,1-2H3. The van der Waals surface area contributed by atoms with E-state index in [-0.39, 0.29) is 6.10 Å². The van der Waals surface area contributed by atoms with E-state index in [1.165, 1.54) is 32.1 Å². The summed E-state index contributed by atoms with van der Waals surface area (Å²) in [7, 11) is 0. The zero-order chi connectivity index (χ0) is 11.1. The van der Waals surface area contributed by atoms with Gasteiger partial charge >= 0.3 is 0 Å². The summed E-state index contributed by atoms with van der Waals surface area (Å²) in [6.07, 6.45) is 7.65. The van der Waals surface area contributed by atoms with Crippen LogP contribution in [0.4, 0.5) is 0 Å². The number of hydrogen-bond donors (Lipinski definition) is 2. The van der Waals surface area contributed by atoms with Crippen LogP contribution in [0, 0.1) is 11.8 Å². The molecule has 0 amide bonds. The second-order valence-corrected chi connectivity index (χ2v) is 5.02. The van der Waals surface area contributed by atoms with Gasteiger partial charge in [-0.3, -0.25) is 0 Å². The Morgan fingerprint density at radius 3 is 2.27 bits per heavy atom. The minimum Gasteiger partial charge on any atom is -0.392 e. The Morgan fingerprint density at radius 2 is 1.73 bits per heavy atom. The molecule has 1 unspecified atom stereocenters. The van der Waals surface area contributed by atoms with Crippen LogP contribution in [0.15, 0.2) is 0 Å². The number of hydrogen-bond acceptors (Lipinski definition) is 2. The fraction of sp³-hybridized carbons (Fsp3) is 1.00. The summed E-state index contributed by atoms with van der Waals surface area (Å²) in [5.41, 5.74) is 0. The molecule has 0 aromatic rings. The van der Waals surface area contributed by atoms with E-state index in [1.807, 2.05) is 6.92 Å². The normalized spacial score (nSPS) is 29.0. The topological polar surface area (TPSA) is 32.3 Å². The smallest absolute Gasteiger partial charge is 0.0662 e. The third-order valence-corrected chi connectivity index (χ3v) is 3.83. The highest BCUT2D eigenvalue weighted by molar-refractivity contribution is 4.73. The second-order valence-electron chi connectivity index (χ2n) is 5.02. The van der Waals surface area contributed by atoms with Crippen molar-refractivity contribution in [3.8, 4) is 0 Å². The van der Waals surface area contributed by atoms with E-state index in [4.69, 9.17) is 0 Å². The van der Waals surface area contributed by atoms with Crippen molar-refractivity contribution in [1.29, 1.82) is 0 Å². The van der Waals surface area contributed by atoms with Crippen molar-refractivity contribution >= 4 is 0 Å². The van der Waals surface area contributed by atoms with Crippen LogP contribution >= 0.6 is 0 Å². The van der Waals surface area contributed by atoms with Crippen LogP contribution in [0.2, 0.25) is 0 Å². The highest BCUT2D eigenvalue weighted by Crippen LogP contribution is 2.29. The molecule has 1 saturated carbocycles. The fourth-order valence-electron chi connectivity index (χ4n) is 2.44. The van der Waals surface area contributed by atoms with Crippen molar-refractivity contribution < 1.29 is 5.11 Å². The van der Waals surface area contributed by atoms with Crippen molar-refractivity contribution in [2.24, 2.45) is 11.8 Å². The highest BCUT2D eigenvalue weighted by atomic mass is 16.3. The first-order chi connectivity index (χ1) is 7.26. The molecule has 0 aromatic carbocycles. The van der Waals surface area contributed by atoms with Crippen molar-refractivity contribution in [3.63, 3.8) is 0 Å². The quantitative estimate of drug-likeness (QED) is 0.711. The monoisotopic (exact) mass is 213 g/mol. The molecule has 0 bridgehead atoms. The Bertz CT molecular complexity index is 153. The van der Waals surface area contributed by atoms with Gasteiger partial charge in [-0.25, -0.2) is 0 Å². The van der Waals surface area contributed by atoms with Crippen LogP contribution in [-0.2, 0) is 0 Å². The summed E-state index contributed by atoms with van der Waals surface area (Å²) < 4.78 is 0. The molecule has 1 fully saturated rings. The minimum atomic E-state index is -0.156. The molecular formula is C13H27NO. The molecule has 2 heteroatoms. The Labute approximate surface area is 94.5 Å². The maximum absolute atomic E-state index is 9.41. The van der Waals surface area contributed by atoms with Gasteiger partial charge < -0.3 is 10.4 Å². The van der Waals surface area contributed by atoms with Gasteiger partial charge in [0.15, 0.2) is 0 Å². The van der Waals surface area contributed by atoms with E-state index in [1.54, 1.807) is 0 Å².